The summed E-state index contributed by atoms with van der Waals surface area (Å²) in [7, 11) is 3.79. The topological polar surface area (TPSA) is 38.5 Å². The fraction of sp³-hybridized carbons (Fsp3) is 0.500. The fourth-order valence-electron chi connectivity index (χ4n) is 1.76. The number of anilines is 2. The van der Waals surface area contributed by atoms with E-state index in [9.17, 15) is 0 Å². The van der Waals surface area contributed by atoms with Gasteiger partial charge in [-0.1, -0.05) is 12.1 Å². The van der Waals surface area contributed by atoms with E-state index in [1.54, 1.807) is 7.11 Å². The number of methoxy groups -OCH3 is 1. The molecule has 0 unspecified atom stereocenters. The third kappa shape index (κ3) is 3.13. The summed E-state index contributed by atoms with van der Waals surface area (Å²) in [6.07, 6.45) is 1.01. The third-order valence-corrected chi connectivity index (χ3v) is 2.49. The summed E-state index contributed by atoms with van der Waals surface area (Å²) in [5.74, 6) is 0. The van der Waals surface area contributed by atoms with E-state index in [4.69, 9.17) is 10.5 Å². The largest absolute Gasteiger partial charge is 0.397 e. The summed E-state index contributed by atoms with van der Waals surface area (Å²) < 4.78 is 5.03. The number of ether oxygens (including phenoxy) is 1. The molecule has 0 saturated carbocycles. The average Bonchev–Trinajstić information content (AvgIpc) is 2.18. The van der Waals surface area contributed by atoms with Crippen LogP contribution in [-0.4, -0.2) is 27.3 Å². The molecule has 0 aromatic heterocycles. The Morgan fingerprint density at radius 3 is 2.73 bits per heavy atom. The van der Waals surface area contributed by atoms with Crippen LogP contribution < -0.4 is 10.6 Å². The molecular formula is C12H20N2O. The number of rotatable bonds is 5. The van der Waals surface area contributed by atoms with E-state index >= 15 is 0 Å². The van der Waals surface area contributed by atoms with Crippen LogP contribution in [0.25, 0.3) is 0 Å². The maximum atomic E-state index is 5.95. The fourth-order valence-corrected chi connectivity index (χ4v) is 1.76. The van der Waals surface area contributed by atoms with Gasteiger partial charge in [0.25, 0.3) is 0 Å². The molecule has 0 aliphatic heterocycles. The van der Waals surface area contributed by atoms with E-state index in [0.717, 1.165) is 30.9 Å². The second kappa shape index (κ2) is 5.61. The Balaban J connectivity index is 2.68. The second-order valence-electron chi connectivity index (χ2n) is 3.78. The first-order valence-electron chi connectivity index (χ1n) is 5.22. The van der Waals surface area contributed by atoms with Crippen molar-refractivity contribution >= 4 is 11.4 Å². The average molecular weight is 208 g/mol. The minimum absolute atomic E-state index is 0.788. The molecular weight excluding hydrogens is 188 g/mol. The molecule has 0 aliphatic rings. The van der Waals surface area contributed by atoms with Gasteiger partial charge in [0, 0.05) is 27.3 Å². The van der Waals surface area contributed by atoms with Crippen molar-refractivity contribution in [2.24, 2.45) is 0 Å². The Labute approximate surface area is 91.8 Å². The van der Waals surface area contributed by atoms with Crippen molar-refractivity contribution in [3.63, 3.8) is 0 Å². The molecule has 0 fully saturated rings. The summed E-state index contributed by atoms with van der Waals surface area (Å²) in [6.45, 7) is 3.83. The van der Waals surface area contributed by atoms with Crippen molar-refractivity contribution in [1.29, 1.82) is 0 Å². The number of nitrogens with two attached hydrogens (primary N) is 1. The van der Waals surface area contributed by atoms with Gasteiger partial charge >= 0.3 is 0 Å². The molecule has 0 amide bonds. The summed E-state index contributed by atoms with van der Waals surface area (Å²) in [5.41, 5.74) is 9.15. The van der Waals surface area contributed by atoms with Gasteiger partial charge in [0.05, 0.1) is 11.4 Å². The number of nitrogens with zero attached hydrogens (tertiary/aromatic N) is 1. The van der Waals surface area contributed by atoms with Crippen LogP contribution in [0.15, 0.2) is 18.2 Å². The smallest absolute Gasteiger partial charge is 0.0627 e. The van der Waals surface area contributed by atoms with E-state index in [-0.39, 0.29) is 0 Å². The second-order valence-corrected chi connectivity index (χ2v) is 3.78. The van der Waals surface area contributed by atoms with Crippen molar-refractivity contribution in [2.75, 3.05) is 37.9 Å². The molecule has 3 nitrogen and oxygen atoms in total. The molecule has 0 radical (unpaired) electrons. The van der Waals surface area contributed by atoms with Crippen molar-refractivity contribution < 1.29 is 4.74 Å². The maximum Gasteiger partial charge on any atom is 0.0627 e. The first-order valence-corrected chi connectivity index (χ1v) is 5.22. The van der Waals surface area contributed by atoms with E-state index in [2.05, 4.69) is 24.9 Å². The van der Waals surface area contributed by atoms with Crippen molar-refractivity contribution in [3.05, 3.63) is 23.8 Å². The minimum atomic E-state index is 0.788. The van der Waals surface area contributed by atoms with Crippen molar-refractivity contribution in [3.8, 4) is 0 Å². The van der Waals surface area contributed by atoms with Crippen LogP contribution in [0.1, 0.15) is 12.0 Å². The zero-order chi connectivity index (χ0) is 11.3. The zero-order valence-electron chi connectivity index (χ0n) is 9.79. The lowest BCUT2D eigenvalue weighted by molar-refractivity contribution is 0.196. The predicted molar refractivity (Wildman–Crippen MR) is 65.4 cm³/mol. The Morgan fingerprint density at radius 2 is 2.13 bits per heavy atom. The van der Waals surface area contributed by atoms with Crippen LogP contribution in [-0.2, 0) is 4.74 Å². The van der Waals surface area contributed by atoms with Gasteiger partial charge < -0.3 is 15.4 Å². The van der Waals surface area contributed by atoms with Gasteiger partial charge in [-0.15, -0.1) is 0 Å². The summed E-state index contributed by atoms with van der Waals surface area (Å²) in [4.78, 5) is 2.18. The van der Waals surface area contributed by atoms with Gasteiger partial charge in [0.15, 0.2) is 0 Å². The highest BCUT2D eigenvalue weighted by molar-refractivity contribution is 5.70. The molecule has 15 heavy (non-hydrogen) atoms. The number of nitrogen functional groups attached to an aromatic ring is 1. The summed E-state index contributed by atoms with van der Waals surface area (Å²) in [5, 5.41) is 0. The SMILES string of the molecule is COCCCN(C)c1c(C)cccc1N. The lowest BCUT2D eigenvalue weighted by atomic mass is 10.1. The van der Waals surface area contributed by atoms with Crippen LogP contribution in [0, 0.1) is 6.92 Å². The zero-order valence-corrected chi connectivity index (χ0v) is 9.79. The highest BCUT2D eigenvalue weighted by atomic mass is 16.5. The van der Waals surface area contributed by atoms with Gasteiger partial charge in [-0.05, 0) is 25.0 Å². The molecule has 0 saturated heterocycles. The lowest BCUT2D eigenvalue weighted by Gasteiger charge is -2.23. The normalized spacial score (nSPS) is 10.3. The van der Waals surface area contributed by atoms with Gasteiger partial charge in [0.1, 0.15) is 0 Å². The van der Waals surface area contributed by atoms with Gasteiger partial charge in [-0.2, -0.15) is 0 Å². The Kier molecular flexibility index (Phi) is 4.43. The first kappa shape index (κ1) is 11.9. The lowest BCUT2D eigenvalue weighted by Crippen LogP contribution is -2.21. The molecule has 1 aromatic carbocycles. The van der Waals surface area contributed by atoms with E-state index < -0.39 is 0 Å². The Hall–Kier alpha value is -1.22. The van der Waals surface area contributed by atoms with Crippen molar-refractivity contribution in [1.82, 2.24) is 0 Å². The number of hydrogen-bond donors (Lipinski definition) is 1. The van der Waals surface area contributed by atoms with Crippen LogP contribution in [0.4, 0.5) is 11.4 Å². The molecule has 0 spiro atoms. The molecule has 1 aromatic rings. The number of benzene rings is 1. The molecule has 84 valence electrons. The predicted octanol–water partition coefficient (Wildman–Crippen LogP) is 2.05. The molecule has 1 rings (SSSR count). The molecule has 2 N–H and O–H groups in total. The first-order chi connectivity index (χ1) is 7.16. The molecule has 0 heterocycles. The summed E-state index contributed by atoms with van der Waals surface area (Å²) >= 11 is 0. The Bertz CT molecular complexity index is 292. The molecule has 3 heteroatoms. The molecule has 0 bridgehead atoms. The Morgan fingerprint density at radius 1 is 1.40 bits per heavy atom. The van der Waals surface area contributed by atoms with Crippen molar-refractivity contribution in [2.45, 2.75) is 13.3 Å². The highest BCUT2D eigenvalue weighted by Gasteiger charge is 2.07. The third-order valence-electron chi connectivity index (χ3n) is 2.49. The van der Waals surface area contributed by atoms with Gasteiger partial charge in [-0.3, -0.25) is 0 Å². The molecule has 0 atom stereocenters. The van der Waals surface area contributed by atoms with Crippen LogP contribution >= 0.6 is 0 Å². The number of hydrogen-bond acceptors (Lipinski definition) is 3. The standard InChI is InChI=1S/C12H20N2O/c1-10-6-4-7-11(13)12(10)14(2)8-5-9-15-3/h4,6-7H,5,8-9,13H2,1-3H3. The van der Waals surface area contributed by atoms with E-state index in [1.165, 1.54) is 5.56 Å². The van der Waals surface area contributed by atoms with Crippen LogP contribution in [0.3, 0.4) is 0 Å². The number of aryl methyl sites for hydroxylation is 1. The quantitative estimate of drug-likeness (QED) is 0.594. The van der Waals surface area contributed by atoms with Crippen LogP contribution in [0.2, 0.25) is 0 Å². The monoisotopic (exact) mass is 208 g/mol. The van der Waals surface area contributed by atoms with Crippen LogP contribution in [0.5, 0.6) is 0 Å². The highest BCUT2D eigenvalue weighted by Crippen LogP contribution is 2.26. The van der Waals surface area contributed by atoms with E-state index in [0.29, 0.717) is 0 Å². The summed E-state index contributed by atoms with van der Waals surface area (Å²) in [6, 6.07) is 6.00. The van der Waals surface area contributed by atoms with Gasteiger partial charge in [-0.25, -0.2) is 0 Å². The minimum Gasteiger partial charge on any atom is -0.397 e. The van der Waals surface area contributed by atoms with Gasteiger partial charge in [0.2, 0.25) is 0 Å². The molecule has 0 aliphatic carbocycles. The number of para-hydroxylation sites is 1. The van der Waals surface area contributed by atoms with E-state index in [1.807, 2.05) is 12.1 Å². The maximum absolute atomic E-state index is 5.95.